The van der Waals surface area contributed by atoms with Gasteiger partial charge < -0.3 is 14.5 Å². The van der Waals surface area contributed by atoms with Crippen molar-refractivity contribution in [3.63, 3.8) is 0 Å². The summed E-state index contributed by atoms with van der Waals surface area (Å²) >= 11 is 1.60. The fraction of sp³-hybridized carbons (Fsp3) is 0.333. The molecule has 8 heteroatoms. The van der Waals surface area contributed by atoms with E-state index in [9.17, 15) is 9.59 Å². The standard InChI is InChI=1S/C18H20N4O3S/c1-26-15-5-3-14(4-6-15)17(24)25-13-16(23)21-9-11-22(12-10-21)18-19-7-2-8-20-18/h2-8H,9-13H2,1H3. The second kappa shape index (κ2) is 8.66. The van der Waals surface area contributed by atoms with Crippen LogP contribution in [-0.2, 0) is 9.53 Å². The van der Waals surface area contributed by atoms with Gasteiger partial charge in [0.15, 0.2) is 6.61 Å². The summed E-state index contributed by atoms with van der Waals surface area (Å²) in [5, 5.41) is 0. The number of rotatable bonds is 5. The third-order valence-corrected chi connectivity index (χ3v) is 4.86. The van der Waals surface area contributed by atoms with Gasteiger partial charge in [-0.1, -0.05) is 0 Å². The van der Waals surface area contributed by atoms with Crippen molar-refractivity contribution >= 4 is 29.6 Å². The van der Waals surface area contributed by atoms with Gasteiger partial charge in [-0.3, -0.25) is 4.79 Å². The molecule has 0 aliphatic carbocycles. The topological polar surface area (TPSA) is 75.6 Å². The van der Waals surface area contributed by atoms with Crippen LogP contribution in [0.4, 0.5) is 5.95 Å². The van der Waals surface area contributed by atoms with Crippen molar-refractivity contribution in [1.29, 1.82) is 0 Å². The molecule has 0 bridgehead atoms. The van der Waals surface area contributed by atoms with Crippen LogP contribution in [0.25, 0.3) is 0 Å². The van der Waals surface area contributed by atoms with Gasteiger partial charge in [-0.15, -0.1) is 11.8 Å². The molecule has 1 amide bonds. The largest absolute Gasteiger partial charge is 0.452 e. The van der Waals surface area contributed by atoms with Crippen LogP contribution in [0.2, 0.25) is 0 Å². The third-order valence-electron chi connectivity index (χ3n) is 4.12. The Kier molecular flexibility index (Phi) is 6.06. The number of esters is 1. The number of amides is 1. The number of hydrogen-bond donors (Lipinski definition) is 0. The van der Waals surface area contributed by atoms with E-state index in [-0.39, 0.29) is 12.5 Å². The lowest BCUT2D eigenvalue weighted by molar-refractivity contribution is -0.134. The van der Waals surface area contributed by atoms with Gasteiger partial charge in [-0.25, -0.2) is 14.8 Å². The van der Waals surface area contributed by atoms with Crippen molar-refractivity contribution in [2.24, 2.45) is 0 Å². The molecule has 0 spiro atoms. The lowest BCUT2D eigenvalue weighted by atomic mass is 10.2. The van der Waals surface area contributed by atoms with E-state index in [1.165, 1.54) is 0 Å². The van der Waals surface area contributed by atoms with E-state index < -0.39 is 5.97 Å². The van der Waals surface area contributed by atoms with E-state index in [0.29, 0.717) is 37.7 Å². The number of thioether (sulfide) groups is 1. The van der Waals surface area contributed by atoms with Crippen LogP contribution in [0.5, 0.6) is 0 Å². The number of piperazine rings is 1. The van der Waals surface area contributed by atoms with Gasteiger partial charge in [0.05, 0.1) is 5.56 Å². The van der Waals surface area contributed by atoms with Crippen LogP contribution in [-0.4, -0.2) is 65.8 Å². The molecule has 1 saturated heterocycles. The number of aromatic nitrogens is 2. The van der Waals surface area contributed by atoms with Gasteiger partial charge in [-0.05, 0) is 36.6 Å². The van der Waals surface area contributed by atoms with E-state index in [1.54, 1.807) is 47.3 Å². The fourth-order valence-electron chi connectivity index (χ4n) is 2.64. The molecule has 0 N–H and O–H groups in total. The molecule has 0 saturated carbocycles. The van der Waals surface area contributed by atoms with Gasteiger partial charge in [0, 0.05) is 43.5 Å². The highest BCUT2D eigenvalue weighted by atomic mass is 32.2. The van der Waals surface area contributed by atoms with Crippen LogP contribution in [0.3, 0.4) is 0 Å². The molecule has 1 aromatic heterocycles. The molecule has 7 nitrogen and oxygen atoms in total. The molecule has 0 radical (unpaired) electrons. The van der Waals surface area contributed by atoms with Crippen molar-refractivity contribution in [3.8, 4) is 0 Å². The Morgan fingerprint density at radius 3 is 2.35 bits per heavy atom. The zero-order valence-corrected chi connectivity index (χ0v) is 15.3. The first-order valence-electron chi connectivity index (χ1n) is 8.28. The zero-order valence-electron chi connectivity index (χ0n) is 14.5. The molecule has 3 rings (SSSR count). The zero-order chi connectivity index (χ0) is 18.4. The average Bonchev–Trinajstić information content (AvgIpc) is 2.72. The molecule has 2 aromatic rings. The molecule has 2 heterocycles. The minimum atomic E-state index is -0.484. The Balaban J connectivity index is 1.46. The van der Waals surface area contributed by atoms with E-state index >= 15 is 0 Å². The highest BCUT2D eigenvalue weighted by Crippen LogP contribution is 2.15. The summed E-state index contributed by atoms with van der Waals surface area (Å²) < 4.78 is 5.15. The lowest BCUT2D eigenvalue weighted by Gasteiger charge is -2.34. The maximum atomic E-state index is 12.3. The maximum Gasteiger partial charge on any atom is 0.338 e. The molecule has 0 atom stereocenters. The summed E-state index contributed by atoms with van der Waals surface area (Å²) in [7, 11) is 0. The molecule has 136 valence electrons. The van der Waals surface area contributed by atoms with E-state index in [2.05, 4.69) is 9.97 Å². The molecule has 26 heavy (non-hydrogen) atoms. The molecular formula is C18H20N4O3S. The predicted octanol–water partition coefficient (Wildman–Crippen LogP) is 1.70. The highest BCUT2D eigenvalue weighted by Gasteiger charge is 2.23. The van der Waals surface area contributed by atoms with E-state index in [1.807, 2.05) is 23.3 Å². The molecule has 0 unspecified atom stereocenters. The van der Waals surface area contributed by atoms with Crippen molar-refractivity contribution in [1.82, 2.24) is 14.9 Å². The number of hydrogen-bond acceptors (Lipinski definition) is 7. The number of nitrogens with zero attached hydrogens (tertiary/aromatic N) is 4. The Morgan fingerprint density at radius 2 is 1.73 bits per heavy atom. The van der Waals surface area contributed by atoms with Crippen molar-refractivity contribution in [2.45, 2.75) is 4.90 Å². The first-order valence-corrected chi connectivity index (χ1v) is 9.51. The van der Waals surface area contributed by atoms with Crippen LogP contribution < -0.4 is 4.90 Å². The molecule has 1 aromatic carbocycles. The number of benzene rings is 1. The second-order valence-corrected chi connectivity index (χ2v) is 6.60. The van der Waals surface area contributed by atoms with Gasteiger partial charge in [0.25, 0.3) is 5.91 Å². The lowest BCUT2D eigenvalue weighted by Crippen LogP contribution is -2.50. The van der Waals surface area contributed by atoms with Gasteiger partial charge in [-0.2, -0.15) is 0 Å². The summed E-state index contributed by atoms with van der Waals surface area (Å²) in [5.74, 6) is -0.00486. The van der Waals surface area contributed by atoms with Crippen molar-refractivity contribution in [2.75, 3.05) is 43.9 Å². The van der Waals surface area contributed by atoms with Gasteiger partial charge >= 0.3 is 5.97 Å². The first-order chi connectivity index (χ1) is 12.7. The third kappa shape index (κ3) is 4.51. The van der Waals surface area contributed by atoms with E-state index in [0.717, 1.165) is 4.90 Å². The smallest absolute Gasteiger partial charge is 0.338 e. The summed E-state index contributed by atoms with van der Waals surface area (Å²) in [6.45, 7) is 2.17. The summed E-state index contributed by atoms with van der Waals surface area (Å²) in [6.07, 6.45) is 5.37. The number of carbonyl (C=O) groups is 2. The number of carbonyl (C=O) groups excluding carboxylic acids is 2. The minimum Gasteiger partial charge on any atom is -0.452 e. The van der Waals surface area contributed by atoms with E-state index in [4.69, 9.17) is 4.74 Å². The Bertz CT molecular complexity index is 747. The molecule has 1 aliphatic rings. The highest BCUT2D eigenvalue weighted by molar-refractivity contribution is 7.98. The summed E-state index contributed by atoms with van der Waals surface area (Å²) in [4.78, 5) is 37.5. The first kappa shape index (κ1) is 18.2. The quantitative estimate of drug-likeness (QED) is 0.584. The average molecular weight is 372 g/mol. The Hall–Kier alpha value is -2.61. The number of ether oxygens (including phenoxy) is 1. The minimum absolute atomic E-state index is 0.187. The van der Waals surface area contributed by atoms with Crippen LogP contribution >= 0.6 is 11.8 Å². The van der Waals surface area contributed by atoms with Gasteiger partial charge in [0.2, 0.25) is 5.95 Å². The summed E-state index contributed by atoms with van der Waals surface area (Å²) in [5.41, 5.74) is 0.446. The second-order valence-electron chi connectivity index (χ2n) is 5.72. The normalized spacial score (nSPS) is 14.2. The Morgan fingerprint density at radius 1 is 1.08 bits per heavy atom. The SMILES string of the molecule is CSc1ccc(C(=O)OCC(=O)N2CCN(c3ncccn3)CC2)cc1. The molecule has 1 fully saturated rings. The van der Waals surface area contributed by atoms with Crippen LogP contribution in [0.1, 0.15) is 10.4 Å². The predicted molar refractivity (Wildman–Crippen MR) is 99.3 cm³/mol. The van der Waals surface area contributed by atoms with Crippen LogP contribution in [0, 0.1) is 0 Å². The van der Waals surface area contributed by atoms with Crippen LogP contribution in [0.15, 0.2) is 47.6 Å². The fourth-order valence-corrected chi connectivity index (χ4v) is 3.05. The number of anilines is 1. The summed E-state index contributed by atoms with van der Waals surface area (Å²) in [6, 6.07) is 8.89. The molecular weight excluding hydrogens is 352 g/mol. The molecule has 1 aliphatic heterocycles. The maximum absolute atomic E-state index is 12.3. The van der Waals surface area contributed by atoms with Gasteiger partial charge in [0.1, 0.15) is 0 Å². The monoisotopic (exact) mass is 372 g/mol. The van der Waals surface area contributed by atoms with Crippen molar-refractivity contribution in [3.05, 3.63) is 48.3 Å². The Labute approximate surface area is 156 Å². The van der Waals surface area contributed by atoms with Crippen molar-refractivity contribution < 1.29 is 14.3 Å².